The summed E-state index contributed by atoms with van der Waals surface area (Å²) in [7, 11) is 1.63. The maximum atomic E-state index is 13.2. The fraction of sp³-hybridized carbons (Fsp3) is 0.211. The van der Waals surface area contributed by atoms with E-state index in [1.165, 1.54) is 22.7 Å². The Bertz CT molecular complexity index is 1090. The highest BCUT2D eigenvalue weighted by Crippen LogP contribution is 2.33. The quantitative estimate of drug-likeness (QED) is 0.365. The number of ether oxygens (including phenoxy) is 1. The van der Waals surface area contributed by atoms with E-state index in [9.17, 15) is 4.79 Å². The van der Waals surface area contributed by atoms with Crippen LogP contribution in [-0.4, -0.2) is 34.1 Å². The van der Waals surface area contributed by atoms with Crippen molar-refractivity contribution in [2.75, 3.05) is 18.6 Å². The summed E-state index contributed by atoms with van der Waals surface area (Å²) < 4.78 is 8.86. The molecule has 3 heterocycles. The van der Waals surface area contributed by atoms with Gasteiger partial charge in [-0.2, -0.15) is 0 Å². The molecule has 0 atom stereocenters. The average Bonchev–Trinajstić information content (AvgIpc) is 3.44. The topological polar surface area (TPSA) is 60.2 Å². The molecule has 0 N–H and O–H groups in total. The van der Waals surface area contributed by atoms with Crippen LogP contribution in [0.3, 0.4) is 0 Å². The SMILES string of the molecule is COc1ccc2nc(N(CCCn3ccnc3)C(=O)c3ccc(Cl)s3)sc2c1.Cl. The summed E-state index contributed by atoms with van der Waals surface area (Å²) in [6.45, 7) is 1.32. The number of methoxy groups -OCH3 is 1. The Balaban J connectivity index is 0.00000240. The van der Waals surface area contributed by atoms with Gasteiger partial charge in [-0.25, -0.2) is 9.97 Å². The summed E-state index contributed by atoms with van der Waals surface area (Å²) in [5, 5.41) is 0.670. The van der Waals surface area contributed by atoms with Crippen molar-refractivity contribution in [1.29, 1.82) is 0 Å². The molecule has 0 aliphatic carbocycles. The smallest absolute Gasteiger partial charge is 0.270 e. The van der Waals surface area contributed by atoms with Crippen LogP contribution >= 0.6 is 46.7 Å². The maximum absolute atomic E-state index is 13.2. The van der Waals surface area contributed by atoms with Gasteiger partial charge in [0, 0.05) is 25.5 Å². The Hall–Kier alpha value is -2.13. The molecule has 0 bridgehead atoms. The molecule has 0 saturated heterocycles. The Labute approximate surface area is 187 Å². The number of fused-ring (bicyclic) bond motifs is 1. The van der Waals surface area contributed by atoms with Gasteiger partial charge in [0.05, 0.1) is 32.9 Å². The van der Waals surface area contributed by atoms with Gasteiger partial charge in [-0.3, -0.25) is 9.69 Å². The van der Waals surface area contributed by atoms with E-state index in [-0.39, 0.29) is 18.3 Å². The van der Waals surface area contributed by atoms with E-state index >= 15 is 0 Å². The van der Waals surface area contributed by atoms with E-state index in [0.29, 0.717) is 20.9 Å². The van der Waals surface area contributed by atoms with Crippen molar-refractivity contribution in [3.8, 4) is 5.75 Å². The first-order valence-electron chi connectivity index (χ1n) is 8.61. The molecule has 0 radical (unpaired) electrons. The van der Waals surface area contributed by atoms with Crippen LogP contribution in [-0.2, 0) is 6.54 Å². The summed E-state index contributed by atoms with van der Waals surface area (Å²) in [5.74, 6) is 0.680. The molecule has 4 rings (SSSR count). The van der Waals surface area contributed by atoms with Gasteiger partial charge >= 0.3 is 0 Å². The van der Waals surface area contributed by atoms with Crippen LogP contribution in [0.2, 0.25) is 4.34 Å². The lowest BCUT2D eigenvalue weighted by atomic mass is 10.3. The van der Waals surface area contributed by atoms with Gasteiger partial charge in [0.15, 0.2) is 5.13 Å². The minimum atomic E-state index is -0.0893. The van der Waals surface area contributed by atoms with Crippen molar-refractivity contribution in [3.05, 3.63) is 58.3 Å². The number of hydrogen-bond donors (Lipinski definition) is 0. The van der Waals surface area contributed by atoms with Gasteiger partial charge in [-0.05, 0) is 36.8 Å². The fourth-order valence-corrected chi connectivity index (χ4v) is 4.82. The van der Waals surface area contributed by atoms with E-state index in [2.05, 4.69) is 9.97 Å². The number of imidazole rings is 1. The highest BCUT2D eigenvalue weighted by Gasteiger charge is 2.22. The van der Waals surface area contributed by atoms with Crippen molar-refractivity contribution in [2.45, 2.75) is 13.0 Å². The van der Waals surface area contributed by atoms with Crippen LogP contribution in [0.15, 0.2) is 49.1 Å². The molecular weight excluding hydrogens is 451 g/mol. The van der Waals surface area contributed by atoms with Crippen LogP contribution in [0.4, 0.5) is 5.13 Å². The van der Waals surface area contributed by atoms with Crippen molar-refractivity contribution in [1.82, 2.24) is 14.5 Å². The lowest BCUT2D eigenvalue weighted by molar-refractivity contribution is 0.0990. The molecule has 1 amide bonds. The molecule has 29 heavy (non-hydrogen) atoms. The molecule has 6 nitrogen and oxygen atoms in total. The Morgan fingerprint density at radius 2 is 2.14 bits per heavy atom. The monoisotopic (exact) mass is 468 g/mol. The van der Waals surface area contributed by atoms with Gasteiger partial charge in [0.2, 0.25) is 0 Å². The Morgan fingerprint density at radius 1 is 1.28 bits per heavy atom. The third-order valence-electron chi connectivity index (χ3n) is 4.20. The second-order valence-electron chi connectivity index (χ2n) is 6.04. The molecule has 0 saturated carbocycles. The van der Waals surface area contributed by atoms with E-state index in [1.54, 1.807) is 36.7 Å². The predicted octanol–water partition coefficient (Wildman–Crippen LogP) is 5.38. The zero-order valence-electron chi connectivity index (χ0n) is 15.4. The van der Waals surface area contributed by atoms with Gasteiger partial charge < -0.3 is 9.30 Å². The first kappa shape index (κ1) is 21.6. The number of nitrogens with zero attached hydrogens (tertiary/aromatic N) is 4. The summed E-state index contributed by atoms with van der Waals surface area (Å²) in [4.78, 5) is 24.2. The van der Waals surface area contributed by atoms with Crippen LogP contribution in [0.1, 0.15) is 16.1 Å². The number of carbonyl (C=O) groups excluding carboxylic acids is 1. The molecule has 4 aromatic rings. The number of amides is 1. The highest BCUT2D eigenvalue weighted by atomic mass is 35.5. The lowest BCUT2D eigenvalue weighted by Crippen LogP contribution is -2.31. The molecule has 0 unspecified atom stereocenters. The third kappa shape index (κ3) is 4.90. The normalized spacial score (nSPS) is 10.7. The second kappa shape index (κ2) is 9.58. The number of benzene rings is 1. The number of carbonyl (C=O) groups is 1. The number of rotatable bonds is 7. The van der Waals surface area contributed by atoms with Gasteiger partial charge in [0.1, 0.15) is 5.75 Å². The Kier molecular flexibility index (Phi) is 7.13. The molecule has 0 fully saturated rings. The van der Waals surface area contributed by atoms with Gasteiger partial charge in [-0.15, -0.1) is 23.7 Å². The third-order valence-corrected chi connectivity index (χ3v) is 6.46. The minimum Gasteiger partial charge on any atom is -0.497 e. The number of thiophene rings is 1. The largest absolute Gasteiger partial charge is 0.497 e. The van der Waals surface area contributed by atoms with E-state index < -0.39 is 0 Å². The summed E-state index contributed by atoms with van der Waals surface area (Å²) in [5.41, 5.74) is 0.845. The van der Waals surface area contributed by atoms with Crippen molar-refractivity contribution < 1.29 is 9.53 Å². The van der Waals surface area contributed by atoms with Gasteiger partial charge in [-0.1, -0.05) is 22.9 Å². The predicted molar refractivity (Wildman–Crippen MR) is 121 cm³/mol. The molecular formula is C19H18Cl2N4O2S2. The van der Waals surface area contributed by atoms with Crippen LogP contribution in [0, 0.1) is 0 Å². The van der Waals surface area contributed by atoms with E-state index in [4.69, 9.17) is 16.3 Å². The Morgan fingerprint density at radius 3 is 2.83 bits per heavy atom. The van der Waals surface area contributed by atoms with E-state index in [0.717, 1.165) is 28.9 Å². The summed E-state index contributed by atoms with van der Waals surface area (Å²) >= 11 is 8.79. The fourth-order valence-electron chi connectivity index (χ4n) is 2.81. The number of halogens is 2. The second-order valence-corrected chi connectivity index (χ2v) is 8.77. The molecule has 0 aliphatic heterocycles. The van der Waals surface area contributed by atoms with Crippen molar-refractivity contribution in [2.24, 2.45) is 0 Å². The molecule has 152 valence electrons. The van der Waals surface area contributed by atoms with Crippen LogP contribution in [0.5, 0.6) is 5.75 Å². The summed E-state index contributed by atoms with van der Waals surface area (Å²) in [6.07, 6.45) is 6.21. The molecule has 3 aromatic heterocycles. The summed E-state index contributed by atoms with van der Waals surface area (Å²) in [6, 6.07) is 9.22. The number of aromatic nitrogens is 3. The number of anilines is 1. The number of aryl methyl sites for hydroxylation is 1. The van der Waals surface area contributed by atoms with Crippen LogP contribution in [0.25, 0.3) is 10.2 Å². The van der Waals surface area contributed by atoms with Gasteiger partial charge in [0.25, 0.3) is 5.91 Å². The zero-order chi connectivity index (χ0) is 19.5. The first-order chi connectivity index (χ1) is 13.6. The van der Waals surface area contributed by atoms with Crippen LogP contribution < -0.4 is 9.64 Å². The van der Waals surface area contributed by atoms with Crippen molar-refractivity contribution in [3.63, 3.8) is 0 Å². The molecule has 1 aromatic carbocycles. The lowest BCUT2D eigenvalue weighted by Gasteiger charge is -2.19. The average molecular weight is 469 g/mol. The zero-order valence-corrected chi connectivity index (χ0v) is 18.7. The minimum absolute atomic E-state index is 0. The number of hydrogen-bond acceptors (Lipinski definition) is 6. The first-order valence-corrected chi connectivity index (χ1v) is 10.6. The van der Waals surface area contributed by atoms with Crippen molar-refractivity contribution >= 4 is 67.9 Å². The maximum Gasteiger partial charge on any atom is 0.270 e. The molecule has 0 spiro atoms. The highest BCUT2D eigenvalue weighted by molar-refractivity contribution is 7.22. The number of thiazole rings is 1. The molecule has 0 aliphatic rings. The molecule has 10 heteroatoms. The van der Waals surface area contributed by atoms with E-state index in [1.807, 2.05) is 29.0 Å². The standard InChI is InChI=1S/C19H17ClN4O2S2.ClH/c1-26-13-3-4-14-16(11-13)28-19(22-14)24(9-2-8-23-10-7-21-12-23)18(25)15-5-6-17(20)27-15;/h3-7,10-12H,2,8-9H2,1H3;1H.